The van der Waals surface area contributed by atoms with Crippen molar-refractivity contribution in [2.45, 2.75) is 29.9 Å². The quantitative estimate of drug-likeness (QED) is 0.698. The lowest BCUT2D eigenvalue weighted by atomic mass is 10.1. The van der Waals surface area contributed by atoms with E-state index < -0.39 is 0 Å². The first-order valence-corrected chi connectivity index (χ1v) is 8.08. The second kappa shape index (κ2) is 5.50. The van der Waals surface area contributed by atoms with E-state index in [0.717, 1.165) is 10.2 Å². The predicted molar refractivity (Wildman–Crippen MR) is 82.2 cm³/mol. The third kappa shape index (κ3) is 2.81. The number of hydrogen-bond acceptors (Lipinski definition) is 1. The lowest BCUT2D eigenvalue weighted by Crippen LogP contribution is -1.84. The predicted octanol–water partition coefficient (Wildman–Crippen LogP) is 5.23. The second-order valence-electron chi connectivity index (χ2n) is 4.70. The van der Waals surface area contributed by atoms with Crippen molar-refractivity contribution in [2.75, 3.05) is 0 Å². The minimum Gasteiger partial charge on any atom is -0.121 e. The Kier molecular flexibility index (Phi) is 3.76. The van der Waals surface area contributed by atoms with E-state index in [9.17, 15) is 0 Å². The Morgan fingerprint density at radius 2 is 1.72 bits per heavy atom. The Hall–Kier alpha value is -0.730. The van der Waals surface area contributed by atoms with Gasteiger partial charge >= 0.3 is 0 Å². The first kappa shape index (κ1) is 12.3. The number of aryl methyl sites for hydroxylation is 2. The molecule has 0 spiro atoms. The first-order valence-electron chi connectivity index (χ1n) is 6.30. The average Bonchev–Trinajstić information content (AvgIpc) is 2.85. The maximum absolute atomic E-state index is 3.47. The molecule has 0 N–H and O–H groups in total. The summed E-state index contributed by atoms with van der Waals surface area (Å²) in [4.78, 5) is 1.40. The summed E-state index contributed by atoms with van der Waals surface area (Å²) in [7, 11) is 0. The summed E-state index contributed by atoms with van der Waals surface area (Å²) in [6.45, 7) is 0. The molecule has 1 aliphatic carbocycles. The third-order valence-electron chi connectivity index (χ3n) is 3.39. The summed E-state index contributed by atoms with van der Waals surface area (Å²) in [6.07, 6.45) is 3.87. The van der Waals surface area contributed by atoms with E-state index in [0.29, 0.717) is 0 Å². The van der Waals surface area contributed by atoms with Crippen molar-refractivity contribution in [3.05, 3.63) is 63.6 Å². The van der Waals surface area contributed by atoms with Crippen LogP contribution in [0.3, 0.4) is 0 Å². The van der Waals surface area contributed by atoms with E-state index >= 15 is 0 Å². The molecule has 0 nitrogen and oxygen atoms in total. The largest absolute Gasteiger partial charge is 0.121 e. The summed E-state index contributed by atoms with van der Waals surface area (Å²) < 4.78 is 1.15. The van der Waals surface area contributed by atoms with Crippen molar-refractivity contribution in [1.29, 1.82) is 0 Å². The molecule has 18 heavy (non-hydrogen) atoms. The van der Waals surface area contributed by atoms with Crippen LogP contribution in [0.15, 0.2) is 51.8 Å². The van der Waals surface area contributed by atoms with Crippen LogP contribution < -0.4 is 0 Å². The van der Waals surface area contributed by atoms with Gasteiger partial charge in [0.2, 0.25) is 0 Å². The first-order chi connectivity index (χ1) is 8.81. The summed E-state index contributed by atoms with van der Waals surface area (Å²) >= 11 is 5.40. The molecule has 92 valence electrons. The molecule has 0 atom stereocenters. The van der Waals surface area contributed by atoms with E-state index in [-0.39, 0.29) is 0 Å². The van der Waals surface area contributed by atoms with Crippen LogP contribution in [0.25, 0.3) is 0 Å². The molecule has 0 radical (unpaired) electrons. The Bertz CT molecular complexity index is 546. The van der Waals surface area contributed by atoms with Crippen molar-refractivity contribution in [1.82, 2.24) is 0 Å². The summed E-state index contributed by atoms with van der Waals surface area (Å²) in [5.41, 5.74) is 4.50. The van der Waals surface area contributed by atoms with Crippen LogP contribution in [-0.2, 0) is 18.6 Å². The Labute approximate surface area is 121 Å². The van der Waals surface area contributed by atoms with Crippen LogP contribution >= 0.6 is 27.7 Å². The molecule has 2 aromatic rings. The van der Waals surface area contributed by atoms with Gasteiger partial charge in [-0.15, -0.1) is 11.8 Å². The highest BCUT2D eigenvalue weighted by Gasteiger charge is 2.10. The molecule has 2 aromatic carbocycles. The molecular formula is C16H15BrS. The highest BCUT2D eigenvalue weighted by molar-refractivity contribution is 9.10. The molecule has 0 saturated heterocycles. The molecule has 0 bridgehead atoms. The monoisotopic (exact) mass is 318 g/mol. The fourth-order valence-corrected chi connectivity index (χ4v) is 3.57. The lowest BCUT2D eigenvalue weighted by Gasteiger charge is -2.05. The maximum Gasteiger partial charge on any atom is 0.0232 e. The normalized spacial score (nSPS) is 13.6. The van der Waals surface area contributed by atoms with Crippen molar-refractivity contribution in [2.24, 2.45) is 0 Å². The zero-order valence-electron chi connectivity index (χ0n) is 10.2. The highest BCUT2D eigenvalue weighted by Crippen LogP contribution is 2.29. The molecular weight excluding hydrogens is 304 g/mol. The molecule has 2 heteroatoms. The zero-order chi connectivity index (χ0) is 12.4. The van der Waals surface area contributed by atoms with Crippen molar-refractivity contribution in [3.8, 4) is 0 Å². The minimum atomic E-state index is 1.05. The van der Waals surface area contributed by atoms with Gasteiger partial charge < -0.3 is 0 Å². The van der Waals surface area contributed by atoms with Crippen LogP contribution in [0.1, 0.15) is 23.1 Å². The number of fused-ring (bicyclic) bond motifs is 1. The van der Waals surface area contributed by atoms with Gasteiger partial charge in [-0.05, 0) is 60.2 Å². The van der Waals surface area contributed by atoms with Crippen molar-refractivity contribution in [3.63, 3.8) is 0 Å². The van der Waals surface area contributed by atoms with Gasteiger partial charge in [0.1, 0.15) is 0 Å². The van der Waals surface area contributed by atoms with Crippen LogP contribution in [-0.4, -0.2) is 0 Å². The van der Waals surface area contributed by atoms with E-state index in [1.165, 1.54) is 29.7 Å². The van der Waals surface area contributed by atoms with Crippen LogP contribution in [0, 0.1) is 0 Å². The van der Waals surface area contributed by atoms with Gasteiger partial charge in [-0.25, -0.2) is 0 Å². The number of benzene rings is 2. The highest BCUT2D eigenvalue weighted by atomic mass is 79.9. The molecule has 0 amide bonds. The molecule has 0 saturated carbocycles. The average molecular weight is 319 g/mol. The molecule has 0 unspecified atom stereocenters. The second-order valence-corrected chi connectivity index (χ2v) is 6.66. The van der Waals surface area contributed by atoms with E-state index in [1.807, 2.05) is 11.8 Å². The smallest absolute Gasteiger partial charge is 0.0232 e. The molecule has 0 aliphatic heterocycles. The van der Waals surface area contributed by atoms with Gasteiger partial charge in [-0.3, -0.25) is 0 Å². The molecule has 1 aliphatic rings. The van der Waals surface area contributed by atoms with E-state index in [4.69, 9.17) is 0 Å². The molecule has 0 aromatic heterocycles. The summed E-state index contributed by atoms with van der Waals surface area (Å²) in [5, 5.41) is 0. The van der Waals surface area contributed by atoms with Crippen LogP contribution in [0.4, 0.5) is 0 Å². The van der Waals surface area contributed by atoms with Gasteiger partial charge in [0.15, 0.2) is 0 Å². The number of rotatable bonds is 3. The Morgan fingerprint density at radius 3 is 2.56 bits per heavy atom. The standard InChI is InChI=1S/C16H15BrS/c17-15-7-4-12(5-8-15)11-18-16-9-6-13-2-1-3-14(13)10-16/h4-10H,1-3,11H2. The molecule has 0 fully saturated rings. The summed E-state index contributed by atoms with van der Waals surface area (Å²) in [6, 6.07) is 15.6. The fourth-order valence-electron chi connectivity index (χ4n) is 2.39. The van der Waals surface area contributed by atoms with Gasteiger partial charge in [0.25, 0.3) is 0 Å². The Morgan fingerprint density at radius 1 is 0.944 bits per heavy atom. The van der Waals surface area contributed by atoms with E-state index in [1.54, 1.807) is 11.1 Å². The molecule has 3 rings (SSSR count). The van der Waals surface area contributed by atoms with Crippen LogP contribution in [0.2, 0.25) is 0 Å². The topological polar surface area (TPSA) is 0 Å². The number of thioether (sulfide) groups is 1. The number of hydrogen-bond donors (Lipinski definition) is 0. The summed E-state index contributed by atoms with van der Waals surface area (Å²) in [5.74, 6) is 1.05. The zero-order valence-corrected chi connectivity index (χ0v) is 12.6. The minimum absolute atomic E-state index is 1.05. The van der Waals surface area contributed by atoms with Gasteiger partial charge in [0.05, 0.1) is 0 Å². The van der Waals surface area contributed by atoms with Gasteiger partial charge in [-0.2, -0.15) is 0 Å². The number of halogens is 1. The van der Waals surface area contributed by atoms with Crippen LogP contribution in [0.5, 0.6) is 0 Å². The van der Waals surface area contributed by atoms with Crippen molar-refractivity contribution >= 4 is 27.7 Å². The third-order valence-corrected chi connectivity index (χ3v) is 4.98. The molecule has 0 heterocycles. The SMILES string of the molecule is Brc1ccc(CSc2ccc3c(c2)CCC3)cc1. The van der Waals surface area contributed by atoms with Gasteiger partial charge in [0, 0.05) is 15.1 Å². The fraction of sp³-hybridized carbons (Fsp3) is 0.250. The Balaban J connectivity index is 1.68. The van der Waals surface area contributed by atoms with Gasteiger partial charge in [-0.1, -0.05) is 34.1 Å². The van der Waals surface area contributed by atoms with E-state index in [2.05, 4.69) is 58.4 Å². The maximum atomic E-state index is 3.47. The lowest BCUT2D eigenvalue weighted by molar-refractivity contribution is 0.911. The van der Waals surface area contributed by atoms with Crippen molar-refractivity contribution < 1.29 is 0 Å².